The highest BCUT2D eigenvalue weighted by atomic mass is 79.9. The van der Waals surface area contributed by atoms with Crippen molar-refractivity contribution in [3.63, 3.8) is 0 Å². The van der Waals surface area contributed by atoms with Crippen LogP contribution >= 0.6 is 27.3 Å². The van der Waals surface area contributed by atoms with Crippen molar-refractivity contribution in [2.24, 2.45) is 4.99 Å². The van der Waals surface area contributed by atoms with E-state index in [0.717, 1.165) is 26.8 Å². The Morgan fingerprint density at radius 3 is 2.73 bits per heavy atom. The second-order valence-electron chi connectivity index (χ2n) is 5.28. The van der Waals surface area contributed by atoms with Crippen molar-refractivity contribution >= 4 is 43.4 Å². The first-order valence-corrected chi connectivity index (χ1v) is 8.89. The quantitative estimate of drug-likeness (QED) is 0.526. The molecule has 8 heteroatoms. The van der Waals surface area contributed by atoms with Crippen LogP contribution in [0.15, 0.2) is 51.9 Å². The van der Waals surface area contributed by atoms with Gasteiger partial charge in [0.2, 0.25) is 0 Å². The number of terminal acetylenes is 1. The Morgan fingerprint density at radius 2 is 2.04 bits per heavy atom. The minimum absolute atomic E-state index is 0.134. The summed E-state index contributed by atoms with van der Waals surface area (Å²) in [4.78, 5) is 16.7. The fourth-order valence-electron chi connectivity index (χ4n) is 2.36. The fourth-order valence-corrected chi connectivity index (χ4v) is 3.94. The minimum Gasteiger partial charge on any atom is -0.305 e. The van der Waals surface area contributed by atoms with Gasteiger partial charge in [0.25, 0.3) is 5.91 Å². The number of fused-ring (bicyclic) bond motifs is 1. The number of hydrogen-bond acceptors (Lipinski definition) is 2. The monoisotopic (exact) mass is 438 g/mol. The van der Waals surface area contributed by atoms with Crippen LogP contribution in [-0.2, 0) is 12.7 Å². The largest absolute Gasteiger partial charge is 0.416 e. The van der Waals surface area contributed by atoms with Crippen molar-refractivity contribution in [3.8, 4) is 12.3 Å². The molecule has 2 aromatic carbocycles. The number of rotatable bonds is 2. The Labute approximate surface area is 158 Å². The third-order valence-corrected chi connectivity index (χ3v) is 5.06. The van der Waals surface area contributed by atoms with Crippen molar-refractivity contribution in [2.75, 3.05) is 0 Å². The van der Waals surface area contributed by atoms with E-state index in [-0.39, 0.29) is 12.1 Å². The smallest absolute Gasteiger partial charge is 0.305 e. The predicted octanol–water partition coefficient (Wildman–Crippen LogP) is 4.86. The maximum Gasteiger partial charge on any atom is 0.416 e. The summed E-state index contributed by atoms with van der Waals surface area (Å²) in [6.07, 6.45) is 0.868. The molecule has 0 fully saturated rings. The van der Waals surface area contributed by atoms with Gasteiger partial charge in [0.15, 0.2) is 4.80 Å². The number of hydrogen-bond donors (Lipinski definition) is 0. The molecular weight excluding hydrogens is 429 g/mol. The second-order valence-corrected chi connectivity index (χ2v) is 7.21. The van der Waals surface area contributed by atoms with Gasteiger partial charge in [0.1, 0.15) is 0 Å². The van der Waals surface area contributed by atoms with Gasteiger partial charge >= 0.3 is 6.18 Å². The molecule has 132 valence electrons. The topological polar surface area (TPSA) is 34.4 Å². The molecule has 0 saturated carbocycles. The van der Waals surface area contributed by atoms with Crippen LogP contribution in [-0.4, -0.2) is 10.5 Å². The molecule has 3 aromatic rings. The summed E-state index contributed by atoms with van der Waals surface area (Å²) in [6, 6.07) is 9.72. The van der Waals surface area contributed by atoms with Crippen molar-refractivity contribution in [2.45, 2.75) is 12.7 Å². The van der Waals surface area contributed by atoms with Crippen molar-refractivity contribution < 1.29 is 18.0 Å². The van der Waals surface area contributed by atoms with Crippen LogP contribution < -0.4 is 4.80 Å². The molecule has 0 aliphatic rings. The fraction of sp³-hybridized carbons (Fsp3) is 0.111. The molecule has 1 aromatic heterocycles. The van der Waals surface area contributed by atoms with E-state index in [4.69, 9.17) is 6.42 Å². The van der Waals surface area contributed by atoms with E-state index in [1.165, 1.54) is 23.5 Å². The van der Waals surface area contributed by atoms with E-state index < -0.39 is 17.6 Å². The third-order valence-electron chi connectivity index (χ3n) is 3.53. The number of benzene rings is 2. The van der Waals surface area contributed by atoms with E-state index >= 15 is 0 Å². The summed E-state index contributed by atoms with van der Waals surface area (Å²) in [5.41, 5.74) is -0.229. The van der Waals surface area contributed by atoms with E-state index in [9.17, 15) is 18.0 Å². The lowest BCUT2D eigenvalue weighted by atomic mass is 10.1. The third kappa shape index (κ3) is 3.74. The van der Waals surface area contributed by atoms with Crippen LogP contribution in [0.2, 0.25) is 0 Å². The average Bonchev–Trinajstić information content (AvgIpc) is 2.91. The molecule has 0 bridgehead atoms. The van der Waals surface area contributed by atoms with Gasteiger partial charge < -0.3 is 4.57 Å². The first-order valence-electron chi connectivity index (χ1n) is 7.28. The highest BCUT2D eigenvalue weighted by molar-refractivity contribution is 9.10. The van der Waals surface area contributed by atoms with E-state index in [2.05, 4.69) is 26.8 Å². The first kappa shape index (κ1) is 18.4. The number of halogens is 4. The first-order chi connectivity index (χ1) is 12.3. The maximum atomic E-state index is 12.8. The van der Waals surface area contributed by atoms with Crippen LogP contribution in [0.25, 0.3) is 10.2 Å². The van der Waals surface area contributed by atoms with Crippen molar-refractivity contribution in [1.29, 1.82) is 0 Å². The van der Waals surface area contributed by atoms with Crippen LogP contribution in [0, 0.1) is 12.3 Å². The van der Waals surface area contributed by atoms with E-state index in [1.54, 1.807) is 4.57 Å². The number of aromatic nitrogens is 1. The molecular formula is C18H10BrF3N2OS. The summed E-state index contributed by atoms with van der Waals surface area (Å²) in [7, 11) is 0. The number of nitrogens with zero attached hydrogens (tertiary/aromatic N) is 2. The summed E-state index contributed by atoms with van der Waals surface area (Å²) in [5, 5.41) is 0. The Hall–Kier alpha value is -2.37. The number of carbonyl (C=O) groups excluding carboxylic acids is 1. The van der Waals surface area contributed by atoms with Crippen molar-refractivity contribution in [1.82, 2.24) is 4.57 Å². The van der Waals surface area contributed by atoms with Crippen LogP contribution in [0.3, 0.4) is 0 Å². The zero-order valence-electron chi connectivity index (χ0n) is 13.0. The lowest BCUT2D eigenvalue weighted by molar-refractivity contribution is -0.137. The molecule has 0 saturated heterocycles. The average molecular weight is 439 g/mol. The highest BCUT2D eigenvalue weighted by Crippen LogP contribution is 2.29. The second kappa shape index (κ2) is 7.09. The Morgan fingerprint density at radius 1 is 1.27 bits per heavy atom. The molecule has 0 unspecified atom stereocenters. The number of carbonyl (C=O) groups is 1. The normalized spacial score (nSPS) is 12.3. The van der Waals surface area contributed by atoms with Gasteiger partial charge in [-0.05, 0) is 36.4 Å². The van der Waals surface area contributed by atoms with Gasteiger partial charge in [0, 0.05) is 10.0 Å². The molecule has 26 heavy (non-hydrogen) atoms. The molecule has 3 nitrogen and oxygen atoms in total. The van der Waals surface area contributed by atoms with Crippen LogP contribution in [0.4, 0.5) is 13.2 Å². The zero-order chi connectivity index (χ0) is 18.9. The maximum absolute atomic E-state index is 12.8. The zero-order valence-corrected chi connectivity index (χ0v) is 15.5. The summed E-state index contributed by atoms with van der Waals surface area (Å²) < 4.78 is 41.9. The summed E-state index contributed by atoms with van der Waals surface area (Å²) in [5.74, 6) is 1.74. The standard InChI is InChI=1S/C18H10BrF3N2OS/c1-2-8-24-14-7-6-13(19)10-15(14)26-17(24)23-16(25)11-4-3-5-12(9-11)18(20,21)22/h1,3-7,9-10H,8H2. The Kier molecular flexibility index (Phi) is 5.03. The highest BCUT2D eigenvalue weighted by Gasteiger charge is 2.30. The van der Waals surface area contributed by atoms with Gasteiger partial charge in [-0.25, -0.2) is 0 Å². The van der Waals surface area contributed by atoms with Crippen LogP contribution in [0.5, 0.6) is 0 Å². The number of alkyl halides is 3. The van der Waals surface area contributed by atoms with E-state index in [0.29, 0.717) is 4.80 Å². The SMILES string of the molecule is C#CCn1c(=NC(=O)c2cccc(C(F)(F)F)c2)sc2cc(Br)ccc21. The summed E-state index contributed by atoms with van der Waals surface area (Å²) in [6.45, 7) is 0.191. The molecule has 0 radical (unpaired) electrons. The van der Waals surface area contributed by atoms with Gasteiger partial charge in [-0.1, -0.05) is 39.3 Å². The molecule has 0 atom stereocenters. The van der Waals surface area contributed by atoms with Gasteiger partial charge in [-0.2, -0.15) is 18.2 Å². The lowest BCUT2D eigenvalue weighted by Crippen LogP contribution is -2.16. The van der Waals surface area contributed by atoms with Gasteiger partial charge in [0.05, 0.1) is 22.3 Å². The molecule has 0 aliphatic carbocycles. The molecule has 3 rings (SSSR count). The Balaban J connectivity index is 2.11. The summed E-state index contributed by atoms with van der Waals surface area (Å²) >= 11 is 4.61. The van der Waals surface area contributed by atoms with E-state index in [1.807, 2.05) is 18.2 Å². The predicted molar refractivity (Wildman–Crippen MR) is 97.7 cm³/mol. The number of amides is 1. The van der Waals surface area contributed by atoms with Crippen molar-refractivity contribution in [3.05, 3.63) is 62.9 Å². The molecule has 1 amide bonds. The molecule has 0 N–H and O–H groups in total. The minimum atomic E-state index is -4.52. The molecule has 0 aliphatic heterocycles. The molecule has 1 heterocycles. The Bertz CT molecular complexity index is 1110. The van der Waals surface area contributed by atoms with Gasteiger partial charge in [-0.15, -0.1) is 6.42 Å². The van der Waals surface area contributed by atoms with Crippen LogP contribution in [0.1, 0.15) is 15.9 Å². The lowest BCUT2D eigenvalue weighted by Gasteiger charge is -2.06. The molecule has 0 spiro atoms. The van der Waals surface area contributed by atoms with Gasteiger partial charge in [-0.3, -0.25) is 4.79 Å². The number of thiazole rings is 1.